The average Bonchev–Trinajstić information content (AvgIpc) is 3.08. The number of hydrogen-bond donors (Lipinski definition) is 4. The van der Waals surface area contributed by atoms with Gasteiger partial charge < -0.3 is 25.2 Å². The fourth-order valence-electron chi connectivity index (χ4n) is 6.73. The molecule has 6 atom stereocenters. The maximum atomic E-state index is 10.4. The quantitative estimate of drug-likeness (QED) is 0.404. The molecule has 0 aromatic carbocycles. The van der Waals surface area contributed by atoms with Crippen molar-refractivity contribution in [1.82, 2.24) is 0 Å². The van der Waals surface area contributed by atoms with Crippen molar-refractivity contribution in [2.45, 2.75) is 103 Å². The van der Waals surface area contributed by atoms with E-state index in [2.05, 4.69) is 38.2 Å². The first-order valence-electron chi connectivity index (χ1n) is 12.9. The third-order valence-corrected chi connectivity index (χ3v) is 8.37. The van der Waals surface area contributed by atoms with Crippen molar-refractivity contribution in [3.05, 3.63) is 35.5 Å². The van der Waals surface area contributed by atoms with Crippen LogP contribution >= 0.6 is 0 Å². The normalized spacial score (nSPS) is 37.5. The minimum absolute atomic E-state index is 0.111. The van der Waals surface area contributed by atoms with Crippen LogP contribution in [0.1, 0.15) is 79.1 Å². The molecule has 0 bridgehead atoms. The maximum absolute atomic E-state index is 10.4. The Labute approximate surface area is 200 Å². The molecule has 3 rings (SSSR count). The molecule has 33 heavy (non-hydrogen) atoms. The third kappa shape index (κ3) is 6.58. The molecule has 3 saturated carbocycles. The highest BCUT2D eigenvalue weighted by Gasteiger charge is 2.50. The van der Waals surface area contributed by atoms with Gasteiger partial charge in [-0.3, -0.25) is 0 Å². The lowest BCUT2D eigenvalue weighted by Gasteiger charge is -2.44. The van der Waals surface area contributed by atoms with Gasteiger partial charge in [-0.05, 0) is 88.4 Å². The summed E-state index contributed by atoms with van der Waals surface area (Å²) in [5.41, 5.74) is 2.23. The molecule has 3 unspecified atom stereocenters. The topological polar surface area (TPSA) is 90.2 Å². The highest BCUT2D eigenvalue weighted by atomic mass is 16.5. The number of aliphatic hydroxyl groups is 4. The molecule has 3 fully saturated rings. The zero-order chi connectivity index (χ0) is 24.2. The second-order valence-corrected chi connectivity index (χ2v) is 11.6. The van der Waals surface area contributed by atoms with Crippen LogP contribution in [0.25, 0.3) is 0 Å². The van der Waals surface area contributed by atoms with Crippen molar-refractivity contribution in [3.8, 4) is 0 Å². The van der Waals surface area contributed by atoms with Crippen LogP contribution in [0.5, 0.6) is 0 Å². The van der Waals surface area contributed by atoms with Crippen molar-refractivity contribution < 1.29 is 25.2 Å². The van der Waals surface area contributed by atoms with Crippen LogP contribution in [-0.4, -0.2) is 57.6 Å². The Hall–Kier alpha value is -0.980. The molecule has 3 aliphatic rings. The van der Waals surface area contributed by atoms with E-state index < -0.39 is 23.9 Å². The molecule has 188 valence electrons. The molecule has 0 amide bonds. The summed E-state index contributed by atoms with van der Waals surface area (Å²) in [6.45, 7) is 8.54. The van der Waals surface area contributed by atoms with Crippen LogP contribution < -0.4 is 0 Å². The predicted molar refractivity (Wildman–Crippen MR) is 132 cm³/mol. The van der Waals surface area contributed by atoms with E-state index in [0.717, 1.165) is 12.0 Å². The van der Waals surface area contributed by atoms with Gasteiger partial charge in [-0.1, -0.05) is 49.3 Å². The highest BCUT2D eigenvalue weighted by Crippen LogP contribution is 2.59. The van der Waals surface area contributed by atoms with Gasteiger partial charge in [0.15, 0.2) is 0 Å². The first-order valence-corrected chi connectivity index (χ1v) is 12.9. The van der Waals surface area contributed by atoms with Crippen LogP contribution in [0.3, 0.4) is 0 Å². The van der Waals surface area contributed by atoms with Gasteiger partial charge in [0, 0.05) is 0 Å². The first kappa shape index (κ1) is 26.6. The van der Waals surface area contributed by atoms with Gasteiger partial charge in [0.1, 0.15) is 6.10 Å². The molecule has 0 aromatic rings. The largest absolute Gasteiger partial charge is 0.394 e. The van der Waals surface area contributed by atoms with Gasteiger partial charge in [-0.25, -0.2) is 0 Å². The third-order valence-electron chi connectivity index (χ3n) is 8.37. The predicted octanol–water partition coefficient (Wildman–Crippen LogP) is 4.30. The van der Waals surface area contributed by atoms with E-state index in [0.29, 0.717) is 42.4 Å². The Kier molecular flexibility index (Phi) is 9.01. The van der Waals surface area contributed by atoms with E-state index in [1.807, 2.05) is 13.8 Å². The summed E-state index contributed by atoms with van der Waals surface area (Å²) in [5.74, 6) is 1.75. The Morgan fingerprint density at radius 2 is 1.85 bits per heavy atom. The number of allylic oxidation sites excluding steroid dienone is 4. The minimum atomic E-state index is -0.742. The molecule has 5 nitrogen and oxygen atoms in total. The molecular weight excluding hydrogens is 416 g/mol. The van der Waals surface area contributed by atoms with Gasteiger partial charge in [0.05, 0.1) is 31.0 Å². The lowest BCUT2D eigenvalue weighted by Crippen LogP contribution is -2.44. The highest BCUT2D eigenvalue weighted by molar-refractivity contribution is 5.27. The van der Waals surface area contributed by atoms with Gasteiger partial charge in [0.25, 0.3) is 0 Å². The zero-order valence-electron chi connectivity index (χ0n) is 21.0. The van der Waals surface area contributed by atoms with Crippen molar-refractivity contribution in [2.75, 3.05) is 13.2 Å². The summed E-state index contributed by atoms with van der Waals surface area (Å²) in [6.07, 6.45) is 14.5. The molecule has 0 aliphatic heterocycles. The Bertz CT molecular complexity index is 719. The minimum Gasteiger partial charge on any atom is -0.394 e. The van der Waals surface area contributed by atoms with E-state index in [1.165, 1.54) is 31.3 Å². The number of fused-ring (bicyclic) bond motifs is 1. The van der Waals surface area contributed by atoms with Crippen LogP contribution in [0.15, 0.2) is 35.5 Å². The van der Waals surface area contributed by atoms with Crippen LogP contribution in [0, 0.1) is 23.2 Å². The second kappa shape index (κ2) is 11.2. The molecule has 4 N–H and O–H groups in total. The smallest absolute Gasteiger partial charge is 0.110 e. The van der Waals surface area contributed by atoms with Gasteiger partial charge >= 0.3 is 0 Å². The van der Waals surface area contributed by atoms with E-state index in [1.54, 1.807) is 0 Å². The number of hydrogen-bond acceptors (Lipinski definition) is 5. The molecule has 0 saturated heterocycles. The summed E-state index contributed by atoms with van der Waals surface area (Å²) in [4.78, 5) is 0. The Morgan fingerprint density at radius 3 is 2.48 bits per heavy atom. The van der Waals surface area contributed by atoms with Gasteiger partial charge in [-0.15, -0.1) is 0 Å². The van der Waals surface area contributed by atoms with Crippen LogP contribution in [0.2, 0.25) is 0 Å². The maximum Gasteiger partial charge on any atom is 0.110 e. The molecule has 0 spiro atoms. The first-order chi connectivity index (χ1) is 15.5. The zero-order valence-corrected chi connectivity index (χ0v) is 21.0. The van der Waals surface area contributed by atoms with Crippen LogP contribution in [-0.2, 0) is 4.74 Å². The van der Waals surface area contributed by atoms with Crippen molar-refractivity contribution >= 4 is 0 Å². The van der Waals surface area contributed by atoms with E-state index in [9.17, 15) is 15.3 Å². The van der Waals surface area contributed by atoms with Crippen molar-refractivity contribution in [1.29, 1.82) is 0 Å². The lowest BCUT2D eigenvalue weighted by molar-refractivity contribution is -0.115. The molecule has 5 heteroatoms. The molecule has 3 aliphatic carbocycles. The van der Waals surface area contributed by atoms with E-state index in [-0.39, 0.29) is 13.2 Å². The molecule has 0 heterocycles. The molecular formula is C28H46O5. The summed E-state index contributed by atoms with van der Waals surface area (Å²) in [6, 6.07) is 0. The van der Waals surface area contributed by atoms with Gasteiger partial charge in [0.2, 0.25) is 0 Å². The summed E-state index contributed by atoms with van der Waals surface area (Å²) in [5, 5.41) is 39.8. The molecule has 0 aromatic heterocycles. The van der Waals surface area contributed by atoms with E-state index >= 15 is 0 Å². The SMILES string of the molecule is C[C@H](C=CCC(C)(C)O)C1CCC2C(=CC=C3C[C@@H](O)C(OCCO)[C@H](O)C3)CCCC21C. The Balaban J connectivity index is 1.67. The lowest BCUT2D eigenvalue weighted by atomic mass is 9.61. The van der Waals surface area contributed by atoms with Crippen LogP contribution in [0.4, 0.5) is 0 Å². The van der Waals surface area contributed by atoms with Gasteiger partial charge in [-0.2, -0.15) is 0 Å². The molecule has 0 radical (unpaired) electrons. The number of ether oxygens (including phenoxy) is 1. The summed E-state index contributed by atoms with van der Waals surface area (Å²) in [7, 11) is 0. The monoisotopic (exact) mass is 462 g/mol. The summed E-state index contributed by atoms with van der Waals surface area (Å²) >= 11 is 0. The van der Waals surface area contributed by atoms with E-state index in [4.69, 9.17) is 9.84 Å². The fraction of sp³-hybridized carbons (Fsp3) is 0.786. The van der Waals surface area contributed by atoms with Crippen molar-refractivity contribution in [2.24, 2.45) is 23.2 Å². The average molecular weight is 463 g/mol. The second-order valence-electron chi connectivity index (χ2n) is 11.6. The number of rotatable bonds is 8. The fourth-order valence-corrected chi connectivity index (χ4v) is 6.73. The van der Waals surface area contributed by atoms with Crippen molar-refractivity contribution in [3.63, 3.8) is 0 Å². The standard InChI is InChI=1S/C28H46O5/c1-19(7-5-13-27(2,3)32)22-11-12-23-21(8-6-14-28(22,23)4)10-9-20-17-24(30)26(25(31)18-20)33-16-15-29/h5,7,9-10,19,22-26,29-32H,6,8,11-18H2,1-4H3/t19-,22?,23?,24-,25-,26?,28?/m1/s1. The summed E-state index contributed by atoms with van der Waals surface area (Å²) < 4.78 is 5.44. The Morgan fingerprint density at radius 1 is 1.15 bits per heavy atom. The number of aliphatic hydroxyl groups excluding tert-OH is 3.